The highest BCUT2D eigenvalue weighted by molar-refractivity contribution is 5.76. The minimum Gasteiger partial charge on any atom is -0.394 e. The van der Waals surface area contributed by atoms with Gasteiger partial charge in [0.25, 0.3) is 0 Å². The molecule has 7 atom stereocenters. The van der Waals surface area contributed by atoms with Crippen molar-refractivity contribution in [2.24, 2.45) is 0 Å². The number of allylic oxidation sites excluding steroid dienone is 3. The molecule has 1 heterocycles. The van der Waals surface area contributed by atoms with Gasteiger partial charge in [0.05, 0.1) is 25.4 Å². The number of amides is 1. The maximum absolute atomic E-state index is 12.1. The van der Waals surface area contributed by atoms with E-state index in [2.05, 4.69) is 24.4 Å². The van der Waals surface area contributed by atoms with Crippen LogP contribution in [0.2, 0.25) is 0 Å². The Morgan fingerprint density at radius 3 is 2.31 bits per heavy atom. The second-order valence-electron chi connectivity index (χ2n) is 9.13. The predicted molar refractivity (Wildman–Crippen MR) is 133 cm³/mol. The number of carbonyl (C=O) groups excluding carboxylic acids is 1. The van der Waals surface area contributed by atoms with Crippen LogP contribution in [0.3, 0.4) is 0 Å². The predicted octanol–water partition coefficient (Wildman–Crippen LogP) is 1.70. The fraction of sp³-hybridized carbons (Fsp3) is 0.808. The molecule has 35 heavy (non-hydrogen) atoms. The maximum Gasteiger partial charge on any atom is 0.220 e. The van der Waals surface area contributed by atoms with Gasteiger partial charge in [0.15, 0.2) is 6.29 Å². The van der Waals surface area contributed by atoms with Gasteiger partial charge in [-0.2, -0.15) is 0 Å². The van der Waals surface area contributed by atoms with Gasteiger partial charge in [-0.15, -0.1) is 0 Å². The summed E-state index contributed by atoms with van der Waals surface area (Å²) in [5, 5.41) is 52.6. The summed E-state index contributed by atoms with van der Waals surface area (Å²) < 4.78 is 10.9. The van der Waals surface area contributed by atoms with E-state index >= 15 is 0 Å². The molecule has 9 nitrogen and oxygen atoms in total. The Morgan fingerprint density at radius 2 is 1.63 bits per heavy atom. The Labute approximate surface area is 209 Å². The largest absolute Gasteiger partial charge is 0.394 e. The number of carbonyl (C=O) groups is 1. The molecule has 1 amide bonds. The Hall–Kier alpha value is -1.33. The minimum absolute atomic E-state index is 0.207. The van der Waals surface area contributed by atoms with E-state index in [1.54, 1.807) is 6.08 Å². The molecule has 0 aromatic carbocycles. The summed E-state index contributed by atoms with van der Waals surface area (Å²) in [4.78, 5) is 12.1. The third-order valence-electron chi connectivity index (χ3n) is 6.00. The highest BCUT2D eigenvalue weighted by atomic mass is 16.7. The maximum atomic E-state index is 12.1. The van der Waals surface area contributed by atoms with Gasteiger partial charge in [-0.3, -0.25) is 4.79 Å². The van der Waals surface area contributed by atoms with Crippen LogP contribution >= 0.6 is 0 Å². The zero-order valence-electron chi connectivity index (χ0n) is 21.3. The smallest absolute Gasteiger partial charge is 0.220 e. The van der Waals surface area contributed by atoms with Crippen LogP contribution in [0.25, 0.3) is 0 Å². The summed E-state index contributed by atoms with van der Waals surface area (Å²) in [6, 6.07) is -0.809. The van der Waals surface area contributed by atoms with Gasteiger partial charge in [0, 0.05) is 6.42 Å². The number of hydrogen-bond acceptors (Lipinski definition) is 8. The van der Waals surface area contributed by atoms with E-state index in [1.165, 1.54) is 32.1 Å². The van der Waals surface area contributed by atoms with Gasteiger partial charge in [-0.1, -0.05) is 63.8 Å². The fourth-order valence-electron chi connectivity index (χ4n) is 3.80. The van der Waals surface area contributed by atoms with Gasteiger partial charge in [0.2, 0.25) is 5.91 Å². The molecule has 0 radical (unpaired) electrons. The highest BCUT2D eigenvalue weighted by Gasteiger charge is 2.44. The molecule has 0 aliphatic carbocycles. The molecule has 9 heteroatoms. The van der Waals surface area contributed by atoms with Gasteiger partial charge < -0.3 is 40.3 Å². The number of unbranched alkanes of at least 4 members (excludes halogenated alkanes) is 6. The quantitative estimate of drug-likeness (QED) is 0.123. The summed E-state index contributed by atoms with van der Waals surface area (Å²) >= 11 is 0. The van der Waals surface area contributed by atoms with Crippen molar-refractivity contribution >= 4 is 5.91 Å². The zero-order valence-corrected chi connectivity index (χ0v) is 21.3. The van der Waals surface area contributed by atoms with Gasteiger partial charge in [-0.25, -0.2) is 0 Å². The molecular formula is C26H47NO8. The number of ether oxygens (including phenoxy) is 2. The lowest BCUT2D eigenvalue weighted by Crippen LogP contribution is -2.60. The van der Waals surface area contributed by atoms with Crippen molar-refractivity contribution in [1.29, 1.82) is 0 Å². The van der Waals surface area contributed by atoms with Crippen LogP contribution in [0.1, 0.15) is 78.1 Å². The van der Waals surface area contributed by atoms with Gasteiger partial charge in [-0.05, 0) is 32.1 Å². The first kappa shape index (κ1) is 31.7. The molecule has 1 aliphatic rings. The van der Waals surface area contributed by atoms with Crippen molar-refractivity contribution in [3.8, 4) is 0 Å². The van der Waals surface area contributed by atoms with Crippen LogP contribution < -0.4 is 5.32 Å². The molecule has 204 valence electrons. The number of hydrogen-bond donors (Lipinski definition) is 6. The van der Waals surface area contributed by atoms with Crippen LogP contribution in [-0.4, -0.2) is 87.5 Å². The van der Waals surface area contributed by atoms with E-state index in [1.807, 2.05) is 13.0 Å². The fourth-order valence-corrected chi connectivity index (χ4v) is 3.80. The molecule has 1 fully saturated rings. The average molecular weight is 502 g/mol. The summed E-state index contributed by atoms with van der Waals surface area (Å²) in [5.41, 5.74) is 0. The van der Waals surface area contributed by atoms with Crippen molar-refractivity contribution in [2.45, 2.75) is 121 Å². The number of aliphatic hydroxyl groups is 5. The molecule has 0 spiro atoms. The Balaban J connectivity index is 2.55. The molecule has 0 aromatic heterocycles. The van der Waals surface area contributed by atoms with Crippen LogP contribution in [0.4, 0.5) is 0 Å². The number of nitrogens with one attached hydrogen (secondary N) is 1. The van der Waals surface area contributed by atoms with E-state index < -0.39 is 49.5 Å². The van der Waals surface area contributed by atoms with Crippen molar-refractivity contribution < 1.29 is 39.8 Å². The second-order valence-corrected chi connectivity index (χ2v) is 9.13. The molecule has 6 N–H and O–H groups in total. The van der Waals surface area contributed by atoms with E-state index in [0.29, 0.717) is 6.42 Å². The minimum atomic E-state index is -1.56. The summed E-state index contributed by atoms with van der Waals surface area (Å²) in [6.45, 7) is 3.30. The molecule has 0 aromatic rings. The first-order chi connectivity index (χ1) is 16.8. The molecule has 0 bridgehead atoms. The lowest BCUT2D eigenvalue weighted by atomic mass is 9.99. The van der Waals surface area contributed by atoms with Crippen molar-refractivity contribution in [1.82, 2.24) is 5.32 Å². The van der Waals surface area contributed by atoms with Crippen LogP contribution in [-0.2, 0) is 14.3 Å². The number of rotatable bonds is 18. The van der Waals surface area contributed by atoms with Crippen molar-refractivity contribution in [3.05, 3.63) is 24.3 Å². The molecule has 1 saturated heterocycles. The Morgan fingerprint density at radius 1 is 0.943 bits per heavy atom. The lowest BCUT2D eigenvalue weighted by Gasteiger charge is -2.40. The molecule has 0 saturated carbocycles. The third kappa shape index (κ3) is 12.5. The second kappa shape index (κ2) is 18.9. The van der Waals surface area contributed by atoms with Crippen LogP contribution in [0.15, 0.2) is 24.3 Å². The summed E-state index contributed by atoms with van der Waals surface area (Å²) in [5.74, 6) is -0.246. The molecular weight excluding hydrogens is 454 g/mol. The number of aliphatic hydroxyl groups excluding tert-OH is 5. The monoisotopic (exact) mass is 501 g/mol. The van der Waals surface area contributed by atoms with E-state index in [9.17, 15) is 30.3 Å². The first-order valence-corrected chi connectivity index (χ1v) is 13.1. The first-order valence-electron chi connectivity index (χ1n) is 13.1. The van der Waals surface area contributed by atoms with E-state index in [4.69, 9.17) is 9.47 Å². The SMILES string of the molecule is CCCCCCC/C=C/CC/C=C/C(O)C(COC1OC(CO)C(O)C(O)C1O)NC(=O)CCC. The topological polar surface area (TPSA) is 149 Å². The zero-order chi connectivity index (χ0) is 26.1. The van der Waals surface area contributed by atoms with Crippen molar-refractivity contribution in [3.63, 3.8) is 0 Å². The lowest BCUT2D eigenvalue weighted by molar-refractivity contribution is -0.302. The van der Waals surface area contributed by atoms with Gasteiger partial charge in [0.1, 0.15) is 24.4 Å². The Bertz CT molecular complexity index is 612. The van der Waals surface area contributed by atoms with Gasteiger partial charge >= 0.3 is 0 Å². The molecule has 1 rings (SSSR count). The average Bonchev–Trinajstić information content (AvgIpc) is 2.84. The normalized spacial score (nSPS) is 26.9. The van der Waals surface area contributed by atoms with Crippen molar-refractivity contribution in [2.75, 3.05) is 13.2 Å². The van der Waals surface area contributed by atoms with E-state index in [0.717, 1.165) is 19.3 Å². The molecule has 7 unspecified atom stereocenters. The summed E-state index contributed by atoms with van der Waals surface area (Å²) in [7, 11) is 0. The highest BCUT2D eigenvalue weighted by Crippen LogP contribution is 2.22. The summed E-state index contributed by atoms with van der Waals surface area (Å²) in [6.07, 6.45) is 9.63. The van der Waals surface area contributed by atoms with Crippen LogP contribution in [0.5, 0.6) is 0 Å². The standard InChI is InChI=1S/C26H47NO8/c1-3-5-6-7-8-9-10-11-12-13-14-16-20(29)19(27-22(30)15-4-2)18-34-26-25(33)24(32)23(31)21(17-28)35-26/h10-11,14,16,19-21,23-26,28-29,31-33H,3-9,12-13,15,17-18H2,1-2H3,(H,27,30)/b11-10+,16-14+. The third-order valence-corrected chi connectivity index (χ3v) is 6.00. The Kier molecular flexibility index (Phi) is 17.1. The van der Waals surface area contributed by atoms with Crippen LogP contribution in [0, 0.1) is 0 Å². The van der Waals surface area contributed by atoms with E-state index in [-0.39, 0.29) is 18.9 Å². The molecule has 1 aliphatic heterocycles.